The van der Waals surface area contributed by atoms with Crippen molar-refractivity contribution in [3.05, 3.63) is 58.7 Å². The van der Waals surface area contributed by atoms with Crippen LogP contribution < -0.4 is 10.1 Å². The molecule has 178 valence electrons. The maximum atomic E-state index is 12.6. The minimum Gasteiger partial charge on any atom is -0.497 e. The first kappa shape index (κ1) is 24.2. The quantitative estimate of drug-likeness (QED) is 0.354. The van der Waals surface area contributed by atoms with E-state index in [1.807, 2.05) is 26.0 Å². The SMILES string of the molecule is COc1ccc(S(=O)(=O)CCCC(=O)Nc2cc(C)nn2-c2nc3c(C)ccc(Cl)c3s2)cc1. The summed E-state index contributed by atoms with van der Waals surface area (Å²) in [6.45, 7) is 3.78. The van der Waals surface area contributed by atoms with E-state index in [0.717, 1.165) is 15.8 Å². The van der Waals surface area contributed by atoms with Crippen LogP contribution in [0.15, 0.2) is 47.4 Å². The number of fused-ring (bicyclic) bond motifs is 1. The summed E-state index contributed by atoms with van der Waals surface area (Å²) >= 11 is 7.71. The molecule has 0 aliphatic carbocycles. The summed E-state index contributed by atoms with van der Waals surface area (Å²) in [5.74, 6) is 0.603. The van der Waals surface area contributed by atoms with Crippen LogP contribution in [0, 0.1) is 13.8 Å². The van der Waals surface area contributed by atoms with Gasteiger partial charge in [0.25, 0.3) is 0 Å². The molecule has 0 radical (unpaired) electrons. The highest BCUT2D eigenvalue weighted by molar-refractivity contribution is 7.91. The third kappa shape index (κ3) is 5.08. The largest absolute Gasteiger partial charge is 0.497 e. The molecule has 0 saturated carbocycles. The summed E-state index contributed by atoms with van der Waals surface area (Å²) in [4.78, 5) is 17.5. The van der Waals surface area contributed by atoms with Crippen LogP contribution >= 0.6 is 22.9 Å². The number of halogens is 1. The topological polar surface area (TPSA) is 103 Å². The fraction of sp³-hybridized carbons (Fsp3) is 0.261. The van der Waals surface area contributed by atoms with Gasteiger partial charge in [-0.05, 0) is 56.2 Å². The number of hydrogen-bond acceptors (Lipinski definition) is 7. The number of nitrogens with zero attached hydrogens (tertiary/aromatic N) is 3. The summed E-state index contributed by atoms with van der Waals surface area (Å²) in [6, 6.07) is 11.7. The molecule has 2 aromatic carbocycles. The van der Waals surface area contributed by atoms with Crippen molar-refractivity contribution in [1.29, 1.82) is 0 Å². The lowest BCUT2D eigenvalue weighted by Gasteiger charge is -2.08. The monoisotopic (exact) mass is 518 g/mol. The van der Waals surface area contributed by atoms with Crippen molar-refractivity contribution in [2.75, 3.05) is 18.2 Å². The Balaban J connectivity index is 1.44. The Hall–Kier alpha value is -2.95. The van der Waals surface area contributed by atoms with E-state index >= 15 is 0 Å². The first-order chi connectivity index (χ1) is 16.2. The molecule has 0 aliphatic heterocycles. The molecule has 2 aromatic heterocycles. The van der Waals surface area contributed by atoms with Crippen LogP contribution in [0.3, 0.4) is 0 Å². The Bertz CT molecular complexity index is 1420. The van der Waals surface area contributed by atoms with Crippen LogP contribution in [0.1, 0.15) is 24.1 Å². The number of anilines is 1. The third-order valence-electron chi connectivity index (χ3n) is 5.20. The smallest absolute Gasteiger partial charge is 0.225 e. The van der Waals surface area contributed by atoms with Gasteiger partial charge in [0.2, 0.25) is 11.0 Å². The molecular formula is C23H23ClN4O4S2. The Morgan fingerprint density at radius 1 is 1.18 bits per heavy atom. The van der Waals surface area contributed by atoms with Crippen molar-refractivity contribution in [2.45, 2.75) is 31.6 Å². The molecular weight excluding hydrogens is 496 g/mol. The Labute approximate surface area is 206 Å². The van der Waals surface area contributed by atoms with Gasteiger partial charge in [0.05, 0.1) is 38.7 Å². The first-order valence-electron chi connectivity index (χ1n) is 10.5. The van der Waals surface area contributed by atoms with Crippen LogP contribution in [0.2, 0.25) is 5.02 Å². The zero-order chi connectivity index (χ0) is 24.5. The molecule has 8 nitrogen and oxygen atoms in total. The molecule has 0 fully saturated rings. The molecule has 0 saturated heterocycles. The van der Waals surface area contributed by atoms with Crippen molar-refractivity contribution in [1.82, 2.24) is 14.8 Å². The molecule has 2 heterocycles. The fourth-order valence-corrected chi connectivity index (χ4v) is 6.04. The number of benzene rings is 2. The van der Waals surface area contributed by atoms with E-state index in [4.69, 9.17) is 16.3 Å². The lowest BCUT2D eigenvalue weighted by molar-refractivity contribution is -0.116. The van der Waals surface area contributed by atoms with E-state index in [1.54, 1.807) is 22.9 Å². The normalized spacial score (nSPS) is 11.6. The van der Waals surface area contributed by atoms with Crippen LogP contribution in [-0.4, -0.2) is 42.0 Å². The molecule has 1 amide bonds. The molecule has 1 N–H and O–H groups in total. The van der Waals surface area contributed by atoms with E-state index in [-0.39, 0.29) is 29.4 Å². The van der Waals surface area contributed by atoms with Gasteiger partial charge in [0, 0.05) is 12.5 Å². The maximum Gasteiger partial charge on any atom is 0.225 e. The number of sulfone groups is 1. The van der Waals surface area contributed by atoms with Gasteiger partial charge in [-0.25, -0.2) is 13.4 Å². The second kappa shape index (κ2) is 9.73. The predicted octanol–water partition coefficient (Wildman–Crippen LogP) is 4.95. The number of aromatic nitrogens is 3. The van der Waals surface area contributed by atoms with E-state index < -0.39 is 9.84 Å². The van der Waals surface area contributed by atoms with Gasteiger partial charge >= 0.3 is 0 Å². The molecule has 0 aliphatic rings. The number of ether oxygens (including phenoxy) is 1. The molecule has 34 heavy (non-hydrogen) atoms. The number of rotatable bonds is 8. The highest BCUT2D eigenvalue weighted by Crippen LogP contribution is 2.34. The predicted molar refractivity (Wildman–Crippen MR) is 134 cm³/mol. The zero-order valence-corrected chi connectivity index (χ0v) is 21.2. The number of hydrogen-bond donors (Lipinski definition) is 1. The Morgan fingerprint density at radius 2 is 1.91 bits per heavy atom. The summed E-state index contributed by atoms with van der Waals surface area (Å²) in [7, 11) is -1.98. The van der Waals surface area contributed by atoms with Crippen LogP contribution in [0.4, 0.5) is 5.82 Å². The third-order valence-corrected chi connectivity index (χ3v) is 8.51. The number of carbonyl (C=O) groups excluding carboxylic acids is 1. The van der Waals surface area contributed by atoms with E-state index in [9.17, 15) is 13.2 Å². The van der Waals surface area contributed by atoms with Crippen molar-refractivity contribution in [2.24, 2.45) is 0 Å². The second-order valence-electron chi connectivity index (χ2n) is 7.77. The highest BCUT2D eigenvalue weighted by atomic mass is 35.5. The van der Waals surface area contributed by atoms with Gasteiger partial charge in [-0.2, -0.15) is 9.78 Å². The standard InChI is InChI=1S/C23H23ClN4O4S2/c1-14-6-11-18(24)22-21(14)26-23(33-22)28-19(13-15(2)27-28)25-20(29)5-4-12-34(30,31)17-9-7-16(32-3)8-10-17/h6-11,13H,4-5,12H2,1-3H3,(H,25,29). The fourth-order valence-electron chi connectivity index (χ4n) is 3.44. The first-order valence-corrected chi connectivity index (χ1v) is 13.3. The van der Waals surface area contributed by atoms with Crippen LogP contribution in [0.5, 0.6) is 5.75 Å². The molecule has 0 spiro atoms. The minimum atomic E-state index is -3.50. The van der Waals surface area contributed by atoms with Crippen molar-refractivity contribution in [3.8, 4) is 10.9 Å². The van der Waals surface area contributed by atoms with Crippen LogP contribution in [0.25, 0.3) is 15.3 Å². The molecule has 0 unspecified atom stereocenters. The summed E-state index contributed by atoms with van der Waals surface area (Å²) in [6.07, 6.45) is 0.230. The second-order valence-corrected chi connectivity index (χ2v) is 11.3. The summed E-state index contributed by atoms with van der Waals surface area (Å²) in [5, 5.41) is 8.48. The Morgan fingerprint density at radius 3 is 2.59 bits per heavy atom. The maximum absolute atomic E-state index is 12.6. The number of amides is 1. The van der Waals surface area contributed by atoms with Gasteiger partial charge < -0.3 is 10.1 Å². The average Bonchev–Trinajstić information content (AvgIpc) is 3.40. The van der Waals surface area contributed by atoms with Crippen LogP contribution in [-0.2, 0) is 14.6 Å². The van der Waals surface area contributed by atoms with Gasteiger partial charge in [-0.3, -0.25) is 4.79 Å². The van der Waals surface area contributed by atoms with Gasteiger partial charge in [0.15, 0.2) is 9.84 Å². The lowest BCUT2D eigenvalue weighted by Crippen LogP contribution is -2.16. The average molecular weight is 519 g/mol. The number of nitrogens with one attached hydrogen (secondary N) is 1. The molecule has 11 heteroatoms. The molecule has 4 aromatic rings. The van der Waals surface area contributed by atoms with E-state index in [1.165, 1.54) is 30.6 Å². The van der Waals surface area contributed by atoms with Gasteiger partial charge in [-0.15, -0.1) is 0 Å². The number of thiazole rings is 1. The number of carbonyl (C=O) groups is 1. The zero-order valence-electron chi connectivity index (χ0n) is 18.8. The Kier molecular flexibility index (Phi) is 6.92. The van der Waals surface area contributed by atoms with Gasteiger partial charge in [-0.1, -0.05) is 29.0 Å². The molecule has 0 bridgehead atoms. The minimum absolute atomic E-state index is 0.0460. The number of aryl methyl sites for hydroxylation is 2. The number of methoxy groups -OCH3 is 1. The van der Waals surface area contributed by atoms with Crippen molar-refractivity contribution >= 4 is 54.7 Å². The lowest BCUT2D eigenvalue weighted by atomic mass is 10.2. The van der Waals surface area contributed by atoms with E-state index in [0.29, 0.717) is 27.4 Å². The molecule has 4 rings (SSSR count). The highest BCUT2D eigenvalue weighted by Gasteiger charge is 2.18. The van der Waals surface area contributed by atoms with Gasteiger partial charge in [0.1, 0.15) is 11.6 Å². The van der Waals surface area contributed by atoms with Crippen molar-refractivity contribution in [3.63, 3.8) is 0 Å². The summed E-state index contributed by atoms with van der Waals surface area (Å²) < 4.78 is 32.6. The van der Waals surface area contributed by atoms with E-state index in [2.05, 4.69) is 15.4 Å². The summed E-state index contributed by atoms with van der Waals surface area (Å²) in [5.41, 5.74) is 2.50. The molecule has 0 atom stereocenters. The van der Waals surface area contributed by atoms with Crippen molar-refractivity contribution < 1.29 is 17.9 Å².